The molecule has 1 aromatic rings. The lowest BCUT2D eigenvalue weighted by Crippen LogP contribution is -2.38. The highest BCUT2D eigenvalue weighted by molar-refractivity contribution is 5.47. The number of rotatable bonds is 4. The van der Waals surface area contributed by atoms with Crippen LogP contribution >= 0.6 is 0 Å². The van der Waals surface area contributed by atoms with Gasteiger partial charge in [-0.3, -0.25) is 0 Å². The zero-order valence-electron chi connectivity index (χ0n) is 13.3. The number of benzene rings is 1. The first-order valence-corrected chi connectivity index (χ1v) is 6.91. The van der Waals surface area contributed by atoms with E-state index < -0.39 is 0 Å². The number of hydrogen-bond donors (Lipinski definition) is 1. The standard InChI is InChI=1S/C17H26N2/c1-11-8-12(2)15(5)16(14(11)4)17(6,7)10-19-13(3)9-18/h8,13,19H,10H2,1-7H3. The van der Waals surface area contributed by atoms with Gasteiger partial charge in [-0.1, -0.05) is 19.9 Å². The lowest BCUT2D eigenvalue weighted by molar-refractivity contribution is 0.453. The summed E-state index contributed by atoms with van der Waals surface area (Å²) in [6, 6.07) is 4.38. The summed E-state index contributed by atoms with van der Waals surface area (Å²) in [6.45, 7) is 16.0. The molecule has 0 fully saturated rings. The maximum Gasteiger partial charge on any atom is 0.0924 e. The molecule has 2 heteroatoms. The Kier molecular flexibility index (Phi) is 4.76. The smallest absolute Gasteiger partial charge is 0.0924 e. The first-order valence-electron chi connectivity index (χ1n) is 6.91. The molecule has 0 aliphatic rings. The molecule has 0 aromatic heterocycles. The summed E-state index contributed by atoms with van der Waals surface area (Å²) in [7, 11) is 0. The third-order valence-corrected chi connectivity index (χ3v) is 4.09. The summed E-state index contributed by atoms with van der Waals surface area (Å²) in [5.74, 6) is 0. The minimum absolute atomic E-state index is 0.0239. The molecule has 2 nitrogen and oxygen atoms in total. The highest BCUT2D eigenvalue weighted by Crippen LogP contribution is 2.32. The normalized spacial score (nSPS) is 13.2. The summed E-state index contributed by atoms with van der Waals surface area (Å²) < 4.78 is 0. The van der Waals surface area contributed by atoms with E-state index in [1.54, 1.807) is 0 Å². The Bertz CT molecular complexity index is 481. The van der Waals surface area contributed by atoms with Gasteiger partial charge in [0.1, 0.15) is 0 Å². The number of nitrogens with one attached hydrogen (secondary N) is 1. The Balaban J connectivity index is 3.18. The number of nitrogens with zero attached hydrogens (tertiary/aromatic N) is 1. The van der Waals surface area contributed by atoms with Gasteiger partial charge in [0.05, 0.1) is 12.1 Å². The summed E-state index contributed by atoms with van der Waals surface area (Å²) in [6.07, 6.45) is 0. The molecular formula is C17H26N2. The van der Waals surface area contributed by atoms with Crippen molar-refractivity contribution in [3.63, 3.8) is 0 Å². The molecule has 0 saturated carbocycles. The summed E-state index contributed by atoms with van der Waals surface area (Å²) in [4.78, 5) is 0. The zero-order chi connectivity index (χ0) is 14.8. The average molecular weight is 258 g/mol. The molecule has 19 heavy (non-hydrogen) atoms. The third-order valence-electron chi connectivity index (χ3n) is 4.09. The number of nitriles is 1. The fraction of sp³-hybridized carbons (Fsp3) is 0.588. The van der Waals surface area contributed by atoms with Crippen LogP contribution in [0.15, 0.2) is 6.07 Å². The van der Waals surface area contributed by atoms with Gasteiger partial charge in [0.15, 0.2) is 0 Å². The van der Waals surface area contributed by atoms with E-state index in [9.17, 15) is 0 Å². The maximum absolute atomic E-state index is 8.89. The van der Waals surface area contributed by atoms with Crippen molar-refractivity contribution in [2.45, 2.75) is 59.9 Å². The highest BCUT2D eigenvalue weighted by atomic mass is 14.9. The zero-order valence-corrected chi connectivity index (χ0v) is 13.3. The SMILES string of the molecule is Cc1cc(C)c(C)c(C(C)(C)CNC(C)C#N)c1C. The fourth-order valence-electron chi connectivity index (χ4n) is 2.77. The Hall–Kier alpha value is -1.33. The molecule has 0 saturated heterocycles. The molecule has 0 bridgehead atoms. The van der Waals surface area contributed by atoms with Crippen LogP contribution < -0.4 is 5.32 Å². The van der Waals surface area contributed by atoms with Crippen molar-refractivity contribution in [1.29, 1.82) is 5.26 Å². The molecule has 0 aliphatic carbocycles. The van der Waals surface area contributed by atoms with E-state index in [1.165, 1.54) is 27.8 Å². The lowest BCUT2D eigenvalue weighted by Gasteiger charge is -2.31. The van der Waals surface area contributed by atoms with Crippen LogP contribution in [0.1, 0.15) is 48.6 Å². The van der Waals surface area contributed by atoms with E-state index in [4.69, 9.17) is 5.26 Å². The van der Waals surface area contributed by atoms with Gasteiger partial charge in [-0.2, -0.15) is 5.26 Å². The monoisotopic (exact) mass is 258 g/mol. The van der Waals surface area contributed by atoms with Crippen LogP contribution in [0.5, 0.6) is 0 Å². The quantitative estimate of drug-likeness (QED) is 0.894. The largest absolute Gasteiger partial charge is 0.301 e. The lowest BCUT2D eigenvalue weighted by atomic mass is 9.77. The van der Waals surface area contributed by atoms with Crippen molar-refractivity contribution in [3.05, 3.63) is 33.9 Å². The van der Waals surface area contributed by atoms with Gasteiger partial charge in [0.25, 0.3) is 0 Å². The van der Waals surface area contributed by atoms with Crippen LogP contribution in [0, 0.1) is 39.0 Å². The average Bonchev–Trinajstić information content (AvgIpc) is 2.33. The van der Waals surface area contributed by atoms with E-state index in [2.05, 4.69) is 59.0 Å². The molecule has 0 amide bonds. The van der Waals surface area contributed by atoms with Crippen LogP contribution in [-0.4, -0.2) is 12.6 Å². The van der Waals surface area contributed by atoms with Crippen molar-refractivity contribution in [3.8, 4) is 6.07 Å². The Morgan fingerprint density at radius 2 is 1.63 bits per heavy atom. The predicted molar refractivity (Wildman–Crippen MR) is 81.5 cm³/mol. The molecule has 1 rings (SSSR count). The van der Waals surface area contributed by atoms with Crippen molar-refractivity contribution >= 4 is 0 Å². The van der Waals surface area contributed by atoms with E-state index in [0.29, 0.717) is 0 Å². The summed E-state index contributed by atoms with van der Waals surface area (Å²) in [5, 5.41) is 12.2. The summed E-state index contributed by atoms with van der Waals surface area (Å²) in [5.41, 5.74) is 6.89. The minimum atomic E-state index is -0.106. The van der Waals surface area contributed by atoms with Gasteiger partial charge in [-0.15, -0.1) is 0 Å². The first-order chi connectivity index (χ1) is 8.70. The third kappa shape index (κ3) is 3.36. The highest BCUT2D eigenvalue weighted by Gasteiger charge is 2.26. The molecule has 1 unspecified atom stereocenters. The second-order valence-corrected chi connectivity index (χ2v) is 6.25. The van der Waals surface area contributed by atoms with Crippen molar-refractivity contribution in [2.75, 3.05) is 6.54 Å². The van der Waals surface area contributed by atoms with Crippen molar-refractivity contribution in [2.24, 2.45) is 0 Å². The second kappa shape index (κ2) is 5.75. The van der Waals surface area contributed by atoms with Crippen LogP contribution in [0.25, 0.3) is 0 Å². The van der Waals surface area contributed by atoms with Crippen LogP contribution in [-0.2, 0) is 5.41 Å². The molecule has 0 radical (unpaired) electrons. The van der Waals surface area contributed by atoms with Gasteiger partial charge in [-0.25, -0.2) is 0 Å². The van der Waals surface area contributed by atoms with Crippen LogP contribution in [0.2, 0.25) is 0 Å². The second-order valence-electron chi connectivity index (χ2n) is 6.25. The van der Waals surface area contributed by atoms with Crippen LogP contribution in [0.3, 0.4) is 0 Å². The molecule has 0 aliphatic heterocycles. The minimum Gasteiger partial charge on any atom is -0.301 e. The Labute approximate surface area is 117 Å². The van der Waals surface area contributed by atoms with Gasteiger partial charge in [-0.05, 0) is 62.4 Å². The van der Waals surface area contributed by atoms with E-state index in [0.717, 1.165) is 6.54 Å². The van der Waals surface area contributed by atoms with Crippen molar-refractivity contribution in [1.82, 2.24) is 5.32 Å². The van der Waals surface area contributed by atoms with Crippen molar-refractivity contribution < 1.29 is 0 Å². The number of hydrogen-bond acceptors (Lipinski definition) is 2. The van der Waals surface area contributed by atoms with E-state index in [-0.39, 0.29) is 11.5 Å². The van der Waals surface area contributed by atoms with E-state index >= 15 is 0 Å². The van der Waals surface area contributed by atoms with Gasteiger partial charge in [0, 0.05) is 12.0 Å². The number of aryl methyl sites for hydroxylation is 2. The molecular weight excluding hydrogens is 232 g/mol. The van der Waals surface area contributed by atoms with Crippen LogP contribution in [0.4, 0.5) is 0 Å². The van der Waals surface area contributed by atoms with E-state index in [1.807, 2.05) is 6.92 Å². The Morgan fingerprint density at radius 1 is 1.16 bits per heavy atom. The Morgan fingerprint density at radius 3 is 2.05 bits per heavy atom. The maximum atomic E-state index is 8.89. The molecule has 1 atom stereocenters. The molecule has 0 heterocycles. The first kappa shape index (κ1) is 15.7. The van der Waals surface area contributed by atoms with Gasteiger partial charge in [0.2, 0.25) is 0 Å². The molecule has 104 valence electrons. The topological polar surface area (TPSA) is 35.8 Å². The predicted octanol–water partition coefficient (Wildman–Crippen LogP) is 3.70. The summed E-state index contributed by atoms with van der Waals surface area (Å²) >= 11 is 0. The molecule has 1 N–H and O–H groups in total. The van der Waals surface area contributed by atoms with Gasteiger partial charge < -0.3 is 5.32 Å². The molecule has 0 spiro atoms. The molecule has 1 aromatic carbocycles. The fourth-order valence-corrected chi connectivity index (χ4v) is 2.77. The van der Waals surface area contributed by atoms with Gasteiger partial charge >= 0.3 is 0 Å².